The van der Waals surface area contributed by atoms with Gasteiger partial charge in [-0.15, -0.1) is 0 Å². The number of rotatable bonds is 3. The fourth-order valence-corrected chi connectivity index (χ4v) is 2.36. The summed E-state index contributed by atoms with van der Waals surface area (Å²) in [5.74, 6) is 0. The average molecular weight is 197 g/mol. The molecule has 0 aliphatic heterocycles. The van der Waals surface area contributed by atoms with E-state index in [1.807, 2.05) is 0 Å². The van der Waals surface area contributed by atoms with Gasteiger partial charge in [0.25, 0.3) is 0 Å². The fourth-order valence-electron chi connectivity index (χ4n) is 2.36. The Bertz CT molecular complexity index is 112. The maximum Gasteiger partial charge on any atom is 0.00670 e. The van der Waals surface area contributed by atoms with Gasteiger partial charge in [0.2, 0.25) is 0 Å². The molecule has 0 unspecified atom stereocenters. The molecule has 1 nitrogen and oxygen atoms in total. The van der Waals surface area contributed by atoms with Crippen molar-refractivity contribution in [2.24, 2.45) is 0 Å². The van der Waals surface area contributed by atoms with Crippen LogP contribution in [-0.2, 0) is 0 Å². The van der Waals surface area contributed by atoms with Crippen molar-refractivity contribution in [2.45, 2.75) is 77.2 Å². The largest absolute Gasteiger partial charge is 0.314 e. The van der Waals surface area contributed by atoms with Crippen LogP contribution in [-0.4, -0.2) is 12.6 Å². The highest BCUT2D eigenvalue weighted by atomic mass is 14.9. The van der Waals surface area contributed by atoms with Gasteiger partial charge in [-0.05, 0) is 25.8 Å². The number of hydrogen-bond acceptors (Lipinski definition) is 1. The zero-order valence-corrected chi connectivity index (χ0v) is 9.86. The van der Waals surface area contributed by atoms with Crippen LogP contribution in [0.5, 0.6) is 0 Å². The minimum Gasteiger partial charge on any atom is -0.314 e. The molecular formula is C13H27N. The van der Waals surface area contributed by atoms with Crippen LogP contribution in [0.25, 0.3) is 0 Å². The lowest BCUT2D eigenvalue weighted by Crippen LogP contribution is -2.29. The lowest BCUT2D eigenvalue weighted by atomic mass is 9.97. The van der Waals surface area contributed by atoms with E-state index in [0.717, 1.165) is 6.04 Å². The van der Waals surface area contributed by atoms with Crippen molar-refractivity contribution >= 4 is 0 Å². The third-order valence-electron chi connectivity index (χ3n) is 3.29. The van der Waals surface area contributed by atoms with E-state index in [-0.39, 0.29) is 0 Å². The van der Waals surface area contributed by atoms with Crippen molar-refractivity contribution in [3.8, 4) is 0 Å². The molecule has 0 atom stereocenters. The van der Waals surface area contributed by atoms with E-state index in [2.05, 4.69) is 12.2 Å². The van der Waals surface area contributed by atoms with Crippen LogP contribution in [0.1, 0.15) is 71.1 Å². The van der Waals surface area contributed by atoms with E-state index < -0.39 is 0 Å². The second kappa shape index (κ2) is 8.28. The first-order valence-corrected chi connectivity index (χ1v) is 6.67. The van der Waals surface area contributed by atoms with Gasteiger partial charge in [-0.3, -0.25) is 0 Å². The van der Waals surface area contributed by atoms with E-state index >= 15 is 0 Å². The maximum absolute atomic E-state index is 3.69. The normalized spacial score (nSPS) is 22.1. The second-order valence-electron chi connectivity index (χ2n) is 4.70. The first-order chi connectivity index (χ1) is 6.93. The molecular weight excluding hydrogens is 170 g/mol. The summed E-state index contributed by atoms with van der Waals surface area (Å²) in [5, 5.41) is 3.69. The van der Waals surface area contributed by atoms with Crippen molar-refractivity contribution < 1.29 is 0 Å². The van der Waals surface area contributed by atoms with Crippen LogP contribution in [0.4, 0.5) is 0 Å². The Labute approximate surface area is 89.7 Å². The molecule has 0 amide bonds. The van der Waals surface area contributed by atoms with Gasteiger partial charge in [0.15, 0.2) is 0 Å². The highest BCUT2D eigenvalue weighted by Gasteiger charge is 2.08. The molecule has 0 aromatic rings. The van der Waals surface area contributed by atoms with Crippen LogP contribution < -0.4 is 5.32 Å². The summed E-state index contributed by atoms with van der Waals surface area (Å²) in [6.45, 7) is 3.47. The van der Waals surface area contributed by atoms with Crippen LogP contribution >= 0.6 is 0 Å². The van der Waals surface area contributed by atoms with Crippen LogP contribution in [0.2, 0.25) is 0 Å². The van der Waals surface area contributed by atoms with Gasteiger partial charge >= 0.3 is 0 Å². The number of hydrogen-bond donors (Lipinski definition) is 1. The van der Waals surface area contributed by atoms with Gasteiger partial charge < -0.3 is 5.32 Å². The molecule has 1 heteroatoms. The minimum atomic E-state index is 0.827. The lowest BCUT2D eigenvalue weighted by Gasteiger charge is -2.19. The van der Waals surface area contributed by atoms with Crippen LogP contribution in [0, 0.1) is 0 Å². The topological polar surface area (TPSA) is 12.0 Å². The van der Waals surface area contributed by atoms with Gasteiger partial charge in [0, 0.05) is 6.04 Å². The third-order valence-corrected chi connectivity index (χ3v) is 3.29. The first-order valence-electron chi connectivity index (χ1n) is 6.67. The van der Waals surface area contributed by atoms with E-state index in [1.165, 1.54) is 70.8 Å². The highest BCUT2D eigenvalue weighted by Crippen LogP contribution is 2.16. The van der Waals surface area contributed by atoms with E-state index in [0.29, 0.717) is 0 Å². The third kappa shape index (κ3) is 5.64. The summed E-state index contributed by atoms with van der Waals surface area (Å²) in [6, 6.07) is 0.827. The summed E-state index contributed by atoms with van der Waals surface area (Å²) in [7, 11) is 0. The van der Waals surface area contributed by atoms with E-state index in [1.54, 1.807) is 0 Å². The lowest BCUT2D eigenvalue weighted by molar-refractivity contribution is 0.399. The molecule has 0 aromatic heterocycles. The Morgan fingerprint density at radius 3 is 1.86 bits per heavy atom. The van der Waals surface area contributed by atoms with Crippen molar-refractivity contribution in [1.29, 1.82) is 0 Å². The molecule has 1 N–H and O–H groups in total. The summed E-state index contributed by atoms with van der Waals surface area (Å²) in [4.78, 5) is 0. The molecule has 84 valence electrons. The zero-order valence-electron chi connectivity index (χ0n) is 9.86. The smallest absolute Gasteiger partial charge is 0.00670 e. The SMILES string of the molecule is CCCNC1CCCCCCCCC1. The Balaban J connectivity index is 2.16. The summed E-state index contributed by atoms with van der Waals surface area (Å²) in [6.07, 6.45) is 14.3. The van der Waals surface area contributed by atoms with Crippen LogP contribution in [0.3, 0.4) is 0 Å². The van der Waals surface area contributed by atoms with Crippen molar-refractivity contribution in [3.05, 3.63) is 0 Å². The monoisotopic (exact) mass is 197 g/mol. The molecule has 0 saturated heterocycles. The molecule has 0 spiro atoms. The van der Waals surface area contributed by atoms with Gasteiger partial charge in [0.1, 0.15) is 0 Å². The molecule has 0 aromatic carbocycles. The van der Waals surface area contributed by atoms with Crippen molar-refractivity contribution in [2.75, 3.05) is 6.54 Å². The predicted molar refractivity (Wildman–Crippen MR) is 63.6 cm³/mol. The first kappa shape index (κ1) is 12.0. The molecule has 1 rings (SSSR count). The Hall–Kier alpha value is -0.0400. The van der Waals surface area contributed by atoms with Gasteiger partial charge in [-0.25, -0.2) is 0 Å². The minimum absolute atomic E-state index is 0.827. The summed E-state index contributed by atoms with van der Waals surface area (Å²) in [5.41, 5.74) is 0. The van der Waals surface area contributed by atoms with Gasteiger partial charge in [-0.1, -0.05) is 51.9 Å². The molecule has 1 aliphatic rings. The average Bonchev–Trinajstić information content (AvgIpc) is 2.23. The molecule has 0 radical (unpaired) electrons. The molecule has 1 fully saturated rings. The molecule has 1 aliphatic carbocycles. The highest BCUT2D eigenvalue weighted by molar-refractivity contribution is 4.68. The zero-order chi connectivity index (χ0) is 10.1. The Morgan fingerprint density at radius 2 is 1.36 bits per heavy atom. The molecule has 0 heterocycles. The van der Waals surface area contributed by atoms with Crippen molar-refractivity contribution in [3.63, 3.8) is 0 Å². The molecule has 0 bridgehead atoms. The fraction of sp³-hybridized carbons (Fsp3) is 1.00. The van der Waals surface area contributed by atoms with Crippen molar-refractivity contribution in [1.82, 2.24) is 5.32 Å². The van der Waals surface area contributed by atoms with Gasteiger partial charge in [-0.2, -0.15) is 0 Å². The Morgan fingerprint density at radius 1 is 0.857 bits per heavy atom. The summed E-state index contributed by atoms with van der Waals surface area (Å²) >= 11 is 0. The Kier molecular flexibility index (Phi) is 7.12. The second-order valence-corrected chi connectivity index (χ2v) is 4.70. The molecule has 1 saturated carbocycles. The number of nitrogens with one attached hydrogen (secondary N) is 1. The van der Waals surface area contributed by atoms with E-state index in [4.69, 9.17) is 0 Å². The van der Waals surface area contributed by atoms with Gasteiger partial charge in [0.05, 0.1) is 0 Å². The quantitative estimate of drug-likeness (QED) is 0.724. The standard InChI is InChI=1S/C13H27N/c1-2-12-14-13-10-8-6-4-3-5-7-9-11-13/h13-14H,2-12H2,1H3. The van der Waals surface area contributed by atoms with E-state index in [9.17, 15) is 0 Å². The predicted octanol–water partition coefficient (Wildman–Crippen LogP) is 3.88. The van der Waals surface area contributed by atoms with Crippen LogP contribution in [0.15, 0.2) is 0 Å². The summed E-state index contributed by atoms with van der Waals surface area (Å²) < 4.78 is 0. The maximum atomic E-state index is 3.69. The molecule has 14 heavy (non-hydrogen) atoms.